The molecule has 0 aromatic heterocycles. The fraction of sp³-hybridized carbons (Fsp3) is 0.222. The molecule has 0 spiro atoms. The Kier molecular flexibility index (Phi) is 11.7. The van der Waals surface area contributed by atoms with Crippen LogP contribution < -0.4 is 16.0 Å². The van der Waals surface area contributed by atoms with Crippen molar-refractivity contribution in [3.05, 3.63) is 204 Å². The predicted molar refractivity (Wildman–Crippen MR) is 252 cm³/mol. The maximum Gasteiger partial charge on any atom is 0.156 e. The zero-order valence-electron chi connectivity index (χ0n) is 34.6. The van der Waals surface area contributed by atoms with E-state index in [9.17, 15) is 0 Å². The standard InChI is InChI=1S/C49H47N5.C5H8/c1-51-45-26-16-25-40(46(45)54(2)3)37-28-30-42-41-29-27-34(33-52-48(36-19-10-5-11-20-36)53-47(50)35-17-8-4-9-18-35)31-43(41)49(44(42)32-37,38-21-12-6-13-22-38)39-23-14-7-15-24-39;1-5-3-2-4-5/h4-17,19-23,25-32,35,39,51H,18,24,33H2,1-3H3,(H2,50,52,53);1-4H2. The maximum absolute atomic E-state index is 6.62. The monoisotopic (exact) mass is 773 g/mol. The van der Waals surface area contributed by atoms with Gasteiger partial charge in [-0.05, 0) is 89.1 Å². The molecular weight excluding hydrogens is 719 g/mol. The Morgan fingerprint density at radius 1 is 0.763 bits per heavy atom. The largest absolute Gasteiger partial charge is 0.387 e. The summed E-state index contributed by atoms with van der Waals surface area (Å²) in [5, 5.41) is 3.42. The molecule has 5 heteroatoms. The fourth-order valence-corrected chi connectivity index (χ4v) is 9.03. The molecule has 3 atom stereocenters. The minimum Gasteiger partial charge on any atom is -0.387 e. The molecule has 1 fully saturated rings. The summed E-state index contributed by atoms with van der Waals surface area (Å²) in [6.07, 6.45) is 23.2. The zero-order valence-corrected chi connectivity index (χ0v) is 34.6. The van der Waals surface area contributed by atoms with Crippen LogP contribution in [0.2, 0.25) is 0 Å². The summed E-state index contributed by atoms with van der Waals surface area (Å²) < 4.78 is 0. The summed E-state index contributed by atoms with van der Waals surface area (Å²) in [7, 11) is 6.23. The second kappa shape index (κ2) is 17.6. The number of nitrogens with two attached hydrogens (primary N) is 1. The molecule has 0 radical (unpaired) electrons. The molecule has 0 saturated heterocycles. The lowest BCUT2D eigenvalue weighted by atomic mass is 9.62. The highest BCUT2D eigenvalue weighted by atomic mass is 15.1. The number of rotatable bonds is 9. The summed E-state index contributed by atoms with van der Waals surface area (Å²) in [5.41, 5.74) is 20.9. The minimum atomic E-state index is -0.423. The summed E-state index contributed by atoms with van der Waals surface area (Å²) in [6.45, 7) is 4.24. The second-order valence-corrected chi connectivity index (χ2v) is 16.1. The molecule has 59 heavy (non-hydrogen) atoms. The van der Waals surface area contributed by atoms with Crippen LogP contribution in [0.25, 0.3) is 22.3 Å². The van der Waals surface area contributed by atoms with Crippen molar-refractivity contribution >= 4 is 23.0 Å². The number of fused-ring (bicyclic) bond motifs is 3. The van der Waals surface area contributed by atoms with Crippen LogP contribution in [0.1, 0.15) is 59.9 Å². The van der Waals surface area contributed by atoms with Crippen LogP contribution in [0.3, 0.4) is 0 Å². The minimum absolute atomic E-state index is 0.0610. The van der Waals surface area contributed by atoms with E-state index in [-0.39, 0.29) is 11.8 Å². The van der Waals surface area contributed by atoms with Crippen molar-refractivity contribution in [1.29, 1.82) is 0 Å². The van der Waals surface area contributed by atoms with Gasteiger partial charge in [-0.15, -0.1) is 0 Å². The Morgan fingerprint density at radius 2 is 1.44 bits per heavy atom. The van der Waals surface area contributed by atoms with Crippen molar-refractivity contribution in [1.82, 2.24) is 0 Å². The van der Waals surface area contributed by atoms with Crippen molar-refractivity contribution < 1.29 is 0 Å². The number of hydrogen-bond acceptors (Lipinski definition) is 3. The van der Waals surface area contributed by atoms with E-state index in [1.54, 1.807) is 0 Å². The van der Waals surface area contributed by atoms with E-state index in [4.69, 9.17) is 15.7 Å². The third-order valence-corrected chi connectivity index (χ3v) is 12.2. The van der Waals surface area contributed by atoms with E-state index in [1.165, 1.54) is 69.5 Å². The normalized spacial score (nSPS) is 20.3. The maximum atomic E-state index is 6.62. The SMILES string of the molecule is C=C1CCC1.CNc1cccc(-c2ccc3c(c2)C(c2ccccc2)(C2C=CC=CC2)c2cc(CN=C(N=C(N)C4C=CC=CC4)c4ccccc4)ccc2-3)c1N(C)C. The molecule has 0 bridgehead atoms. The van der Waals surface area contributed by atoms with Crippen LogP contribution in [0.15, 0.2) is 186 Å². The topological polar surface area (TPSA) is 66.0 Å². The van der Waals surface area contributed by atoms with E-state index in [0.717, 1.165) is 29.7 Å². The summed E-state index contributed by atoms with van der Waals surface area (Å²) in [6, 6.07) is 41.9. The van der Waals surface area contributed by atoms with Crippen molar-refractivity contribution in [3.63, 3.8) is 0 Å². The third kappa shape index (κ3) is 7.90. The van der Waals surface area contributed by atoms with Crippen molar-refractivity contribution in [2.24, 2.45) is 27.6 Å². The zero-order chi connectivity index (χ0) is 40.8. The van der Waals surface area contributed by atoms with Gasteiger partial charge in [0.05, 0.1) is 23.3 Å². The van der Waals surface area contributed by atoms with Gasteiger partial charge in [0.15, 0.2) is 5.84 Å². The quantitative estimate of drug-likeness (QED) is 0.0890. The Hall–Kier alpha value is -6.46. The smallest absolute Gasteiger partial charge is 0.156 e. The first kappa shape index (κ1) is 39.4. The molecular formula is C54H55N5. The number of aliphatic imine (C=N–C) groups is 2. The molecule has 5 aromatic carbocycles. The van der Waals surface area contributed by atoms with Gasteiger partial charge in [-0.2, -0.15) is 0 Å². The van der Waals surface area contributed by atoms with Gasteiger partial charge in [-0.3, -0.25) is 4.99 Å². The van der Waals surface area contributed by atoms with E-state index in [1.807, 2.05) is 31.3 Å². The van der Waals surface area contributed by atoms with Gasteiger partial charge < -0.3 is 16.0 Å². The first-order chi connectivity index (χ1) is 28.9. The molecule has 4 aliphatic carbocycles. The number of amidine groups is 2. The molecule has 0 amide bonds. The molecule has 5 aromatic rings. The Morgan fingerprint density at radius 3 is 2.07 bits per heavy atom. The first-order valence-corrected chi connectivity index (χ1v) is 21.0. The molecule has 0 aliphatic heterocycles. The Labute approximate surface area is 350 Å². The number of benzene rings is 5. The van der Waals surface area contributed by atoms with Gasteiger partial charge in [-0.25, -0.2) is 4.99 Å². The van der Waals surface area contributed by atoms with Crippen LogP contribution in [0, 0.1) is 11.8 Å². The lowest BCUT2D eigenvalue weighted by Gasteiger charge is -2.40. The van der Waals surface area contributed by atoms with E-state index in [2.05, 4.69) is 170 Å². The van der Waals surface area contributed by atoms with Crippen molar-refractivity contribution in [2.45, 2.75) is 44.1 Å². The molecule has 3 unspecified atom stereocenters. The number of nitrogens with one attached hydrogen (secondary N) is 1. The van der Waals surface area contributed by atoms with Crippen LogP contribution in [-0.4, -0.2) is 32.8 Å². The Balaban J connectivity index is 0.000000901. The lowest BCUT2D eigenvalue weighted by molar-refractivity contribution is 0.457. The van der Waals surface area contributed by atoms with Crippen molar-refractivity contribution in [3.8, 4) is 22.3 Å². The lowest BCUT2D eigenvalue weighted by Crippen LogP contribution is -2.35. The number of nitrogens with zero attached hydrogens (tertiary/aromatic N) is 3. The fourth-order valence-electron chi connectivity index (χ4n) is 9.03. The number of para-hydroxylation sites is 1. The number of anilines is 2. The molecule has 9 rings (SSSR count). The highest BCUT2D eigenvalue weighted by Gasteiger charge is 2.49. The number of allylic oxidation sites excluding steroid dienone is 8. The van der Waals surface area contributed by atoms with Gasteiger partial charge >= 0.3 is 0 Å². The van der Waals surface area contributed by atoms with Gasteiger partial charge in [0.25, 0.3) is 0 Å². The van der Waals surface area contributed by atoms with Crippen molar-refractivity contribution in [2.75, 3.05) is 31.4 Å². The van der Waals surface area contributed by atoms with Crippen LogP contribution in [-0.2, 0) is 12.0 Å². The molecule has 1 saturated carbocycles. The average molecular weight is 774 g/mol. The molecule has 5 nitrogen and oxygen atoms in total. The van der Waals surface area contributed by atoms with Gasteiger partial charge in [0.2, 0.25) is 0 Å². The predicted octanol–water partition coefficient (Wildman–Crippen LogP) is 12.1. The summed E-state index contributed by atoms with van der Waals surface area (Å²) in [4.78, 5) is 12.3. The number of hydrogen-bond donors (Lipinski definition) is 2. The summed E-state index contributed by atoms with van der Waals surface area (Å²) in [5.74, 6) is 1.50. The molecule has 0 heterocycles. The van der Waals surface area contributed by atoms with Gasteiger partial charge in [-0.1, -0.05) is 164 Å². The molecule has 3 N–H and O–H groups in total. The second-order valence-electron chi connectivity index (χ2n) is 16.1. The molecule has 4 aliphatic rings. The van der Waals surface area contributed by atoms with Crippen LogP contribution >= 0.6 is 0 Å². The first-order valence-electron chi connectivity index (χ1n) is 21.0. The third-order valence-electron chi connectivity index (χ3n) is 12.2. The van der Waals surface area contributed by atoms with E-state index in [0.29, 0.717) is 18.2 Å². The average Bonchev–Trinajstić information content (AvgIpc) is 3.57. The highest BCUT2D eigenvalue weighted by Crippen LogP contribution is 2.59. The van der Waals surface area contributed by atoms with E-state index >= 15 is 0 Å². The van der Waals surface area contributed by atoms with Crippen LogP contribution in [0.4, 0.5) is 11.4 Å². The summed E-state index contributed by atoms with van der Waals surface area (Å²) >= 11 is 0. The highest BCUT2D eigenvalue weighted by molar-refractivity contribution is 6.07. The van der Waals surface area contributed by atoms with Gasteiger partial charge in [0, 0.05) is 38.2 Å². The Bertz CT molecular complexity index is 2500. The molecule has 296 valence electrons. The van der Waals surface area contributed by atoms with E-state index < -0.39 is 5.41 Å². The van der Waals surface area contributed by atoms with Crippen LogP contribution in [0.5, 0.6) is 0 Å². The van der Waals surface area contributed by atoms with Gasteiger partial charge in [0.1, 0.15) is 5.84 Å².